The molecule has 0 unspecified atom stereocenters. The van der Waals surface area contributed by atoms with Crippen molar-refractivity contribution in [2.45, 2.75) is 9.79 Å². The summed E-state index contributed by atoms with van der Waals surface area (Å²) in [6.07, 6.45) is 3.01. The Morgan fingerprint density at radius 2 is 0.944 bits per heavy atom. The predicted molar refractivity (Wildman–Crippen MR) is 128 cm³/mol. The molecule has 0 spiro atoms. The Morgan fingerprint density at radius 1 is 0.556 bits per heavy atom. The molecule has 0 aliphatic heterocycles. The van der Waals surface area contributed by atoms with Crippen LogP contribution in [0, 0.1) is 0 Å². The number of nitrogens with zero attached hydrogens (tertiary/aromatic N) is 2. The summed E-state index contributed by atoms with van der Waals surface area (Å²) in [5, 5.41) is 0. The fourth-order valence-electron chi connectivity index (χ4n) is 3.45. The maximum atomic E-state index is 11.2. The number of aromatic nitrogens is 2. The third kappa shape index (κ3) is 4.83. The number of oxazole rings is 2. The smallest absolute Gasteiger partial charge is 0.294 e. The Morgan fingerprint density at radius 3 is 1.31 bits per heavy atom. The molecule has 0 amide bonds. The second kappa shape index (κ2) is 8.84. The fourth-order valence-corrected chi connectivity index (χ4v) is 4.41. The van der Waals surface area contributed by atoms with Crippen LogP contribution >= 0.6 is 0 Å². The lowest BCUT2D eigenvalue weighted by Crippen LogP contribution is -1.97. The van der Waals surface area contributed by atoms with Gasteiger partial charge in [0.15, 0.2) is 11.5 Å². The maximum absolute atomic E-state index is 11.2. The molecule has 0 radical (unpaired) electrons. The van der Waals surface area contributed by atoms with E-state index in [-0.39, 0.29) is 9.79 Å². The van der Waals surface area contributed by atoms with Gasteiger partial charge < -0.3 is 8.83 Å². The number of hydrogen-bond donors (Lipinski definition) is 2. The first kappa shape index (κ1) is 23.6. The van der Waals surface area contributed by atoms with E-state index in [2.05, 4.69) is 9.97 Å². The zero-order chi connectivity index (χ0) is 25.5. The molecule has 0 atom stereocenters. The lowest BCUT2D eigenvalue weighted by molar-refractivity contribution is 0.481. The summed E-state index contributed by atoms with van der Waals surface area (Å²) in [4.78, 5) is 8.14. The molecule has 10 nitrogen and oxygen atoms in total. The second-order valence-electron chi connectivity index (χ2n) is 7.64. The van der Waals surface area contributed by atoms with Crippen molar-refractivity contribution in [1.29, 1.82) is 0 Å². The minimum Gasteiger partial charge on any atom is -0.436 e. The van der Waals surface area contributed by atoms with Crippen LogP contribution in [0.4, 0.5) is 0 Å². The first-order valence-corrected chi connectivity index (χ1v) is 13.1. The molecular weight excluding hydrogens is 508 g/mol. The molecule has 2 N–H and O–H groups in total. The van der Waals surface area contributed by atoms with E-state index >= 15 is 0 Å². The van der Waals surface area contributed by atoms with Gasteiger partial charge in [0.1, 0.15) is 0 Å². The van der Waals surface area contributed by atoms with Crippen molar-refractivity contribution in [3.05, 3.63) is 85.2 Å². The minimum atomic E-state index is -4.29. The molecule has 2 aromatic heterocycles. The van der Waals surface area contributed by atoms with Crippen LogP contribution in [0.2, 0.25) is 0 Å². The van der Waals surface area contributed by atoms with Gasteiger partial charge in [-0.2, -0.15) is 16.8 Å². The highest BCUT2D eigenvalue weighted by Crippen LogP contribution is 2.31. The normalized spacial score (nSPS) is 12.1. The maximum Gasteiger partial charge on any atom is 0.294 e. The number of rotatable bonds is 6. The highest BCUT2D eigenvalue weighted by Gasteiger charge is 2.15. The van der Waals surface area contributed by atoms with Crippen molar-refractivity contribution in [3.63, 3.8) is 0 Å². The lowest BCUT2D eigenvalue weighted by Gasteiger charge is -2.01. The quantitative estimate of drug-likeness (QED) is 0.294. The molecule has 5 rings (SSSR count). The van der Waals surface area contributed by atoms with Gasteiger partial charge in [-0.05, 0) is 66.7 Å². The van der Waals surface area contributed by atoms with Crippen molar-refractivity contribution < 1.29 is 34.8 Å². The fraction of sp³-hybridized carbons (Fsp3) is 0. The van der Waals surface area contributed by atoms with Gasteiger partial charge in [-0.1, -0.05) is 6.07 Å². The van der Waals surface area contributed by atoms with Crippen molar-refractivity contribution >= 4 is 20.2 Å². The summed E-state index contributed by atoms with van der Waals surface area (Å²) in [6.45, 7) is 0. The van der Waals surface area contributed by atoms with Gasteiger partial charge in [-0.3, -0.25) is 9.11 Å². The molecule has 0 bridgehead atoms. The van der Waals surface area contributed by atoms with Crippen molar-refractivity contribution in [2.75, 3.05) is 0 Å². The van der Waals surface area contributed by atoms with Gasteiger partial charge in [0.05, 0.1) is 22.2 Å². The first-order chi connectivity index (χ1) is 17.1. The SMILES string of the molecule is O=S(=O)(O)c1ccc(-c2cnc(-c3cccc(-c4ncc(-c5ccc(S(=O)(=O)O)cc5)o4)c3)o2)cc1. The summed E-state index contributed by atoms with van der Waals surface area (Å²) in [5.41, 5.74) is 2.44. The van der Waals surface area contributed by atoms with Gasteiger partial charge in [-0.15, -0.1) is 0 Å². The van der Waals surface area contributed by atoms with E-state index < -0.39 is 20.2 Å². The van der Waals surface area contributed by atoms with Gasteiger partial charge in [-0.25, -0.2) is 9.97 Å². The van der Waals surface area contributed by atoms with E-state index in [1.807, 2.05) is 0 Å². The van der Waals surface area contributed by atoms with Crippen LogP contribution in [0.3, 0.4) is 0 Å². The van der Waals surface area contributed by atoms with Crippen LogP contribution in [0.1, 0.15) is 0 Å². The third-order valence-corrected chi connectivity index (χ3v) is 6.98. The predicted octanol–water partition coefficient (Wildman–Crippen LogP) is 4.82. The summed E-state index contributed by atoms with van der Waals surface area (Å²) in [7, 11) is -8.58. The largest absolute Gasteiger partial charge is 0.436 e. The average molecular weight is 525 g/mol. The number of hydrogen-bond acceptors (Lipinski definition) is 8. The van der Waals surface area contributed by atoms with Crippen LogP contribution in [0.25, 0.3) is 45.6 Å². The van der Waals surface area contributed by atoms with Crippen LogP contribution in [-0.4, -0.2) is 35.9 Å². The Kier molecular flexibility index (Phi) is 5.80. The molecule has 12 heteroatoms. The van der Waals surface area contributed by atoms with E-state index in [9.17, 15) is 16.8 Å². The zero-order valence-corrected chi connectivity index (χ0v) is 19.8. The van der Waals surface area contributed by atoms with Crippen molar-refractivity contribution in [3.8, 4) is 45.6 Å². The Bertz CT molecular complexity index is 1640. The molecule has 0 saturated heterocycles. The van der Waals surface area contributed by atoms with Crippen LogP contribution in [-0.2, 0) is 20.2 Å². The average Bonchev–Trinajstić information content (AvgIpc) is 3.54. The summed E-state index contributed by atoms with van der Waals surface area (Å²) in [5.74, 6) is 1.45. The molecule has 3 aromatic carbocycles. The van der Waals surface area contributed by atoms with Gasteiger partial charge in [0.25, 0.3) is 20.2 Å². The lowest BCUT2D eigenvalue weighted by atomic mass is 10.1. The van der Waals surface area contributed by atoms with Gasteiger partial charge in [0.2, 0.25) is 11.8 Å². The molecular formula is C24H16N2O8S2. The molecule has 182 valence electrons. The van der Waals surface area contributed by atoms with Crippen LogP contribution < -0.4 is 0 Å². The third-order valence-electron chi connectivity index (χ3n) is 5.24. The topological polar surface area (TPSA) is 161 Å². The standard InChI is InChI=1S/C24H16N2O8S2/c27-35(28,29)19-8-4-15(5-9-19)21-13-25-23(33-21)17-2-1-3-18(12-17)24-26-14-22(34-24)16-6-10-20(11-7-16)36(30,31)32/h1-14H,(H,27,28,29)(H,30,31,32). The Hall–Kier alpha value is -4.10. The zero-order valence-electron chi connectivity index (χ0n) is 18.1. The van der Waals surface area contributed by atoms with E-state index in [4.69, 9.17) is 17.9 Å². The van der Waals surface area contributed by atoms with Crippen LogP contribution in [0.5, 0.6) is 0 Å². The summed E-state index contributed by atoms with van der Waals surface area (Å²) >= 11 is 0. The minimum absolute atomic E-state index is 0.224. The van der Waals surface area contributed by atoms with Crippen LogP contribution in [0.15, 0.2) is 104 Å². The van der Waals surface area contributed by atoms with E-state index in [0.717, 1.165) is 0 Å². The molecule has 0 saturated carbocycles. The van der Waals surface area contributed by atoms with Gasteiger partial charge >= 0.3 is 0 Å². The molecule has 5 aromatic rings. The van der Waals surface area contributed by atoms with Crippen molar-refractivity contribution in [1.82, 2.24) is 9.97 Å². The highest BCUT2D eigenvalue weighted by molar-refractivity contribution is 7.86. The molecule has 0 fully saturated rings. The van der Waals surface area contributed by atoms with E-state index in [1.165, 1.54) is 60.9 Å². The van der Waals surface area contributed by atoms with E-state index in [1.54, 1.807) is 24.3 Å². The van der Waals surface area contributed by atoms with Crippen molar-refractivity contribution in [2.24, 2.45) is 0 Å². The Labute approximate surface area is 205 Å². The highest BCUT2D eigenvalue weighted by atomic mass is 32.2. The molecule has 0 aliphatic rings. The molecule has 2 heterocycles. The summed E-state index contributed by atoms with van der Waals surface area (Å²) in [6, 6.07) is 18.2. The van der Waals surface area contributed by atoms with E-state index in [0.29, 0.717) is 45.6 Å². The van der Waals surface area contributed by atoms with Gasteiger partial charge in [0, 0.05) is 22.3 Å². The molecule has 36 heavy (non-hydrogen) atoms. The first-order valence-electron chi connectivity index (χ1n) is 10.3. The number of benzene rings is 3. The summed E-state index contributed by atoms with van der Waals surface area (Å²) < 4.78 is 74.8. The molecule has 0 aliphatic carbocycles. The second-order valence-corrected chi connectivity index (χ2v) is 10.5. The Balaban J connectivity index is 1.39. The monoisotopic (exact) mass is 524 g/mol.